The molecule has 1 N–H and O–H groups in total. The molecule has 0 aliphatic carbocycles. The van der Waals surface area contributed by atoms with Gasteiger partial charge in [-0.05, 0) is 31.3 Å². The molecule has 3 rings (SSSR count). The van der Waals surface area contributed by atoms with Gasteiger partial charge in [-0.25, -0.2) is 13.1 Å². The smallest absolute Gasteiger partial charge is 0.293 e. The largest absolute Gasteiger partial charge is 0.459 e. The van der Waals surface area contributed by atoms with Gasteiger partial charge in [0, 0.05) is 18.5 Å². The third kappa shape index (κ3) is 3.39. The number of sulfonamides is 1. The topological polar surface area (TPSA) is 106 Å². The van der Waals surface area contributed by atoms with Gasteiger partial charge >= 0.3 is 0 Å². The summed E-state index contributed by atoms with van der Waals surface area (Å²) in [7, 11) is -0.829. The predicted octanol–water partition coefficient (Wildman–Crippen LogP) is 2.89. The first kappa shape index (κ1) is 17.9. The van der Waals surface area contributed by atoms with Crippen LogP contribution in [0, 0.1) is 10.1 Å². The van der Waals surface area contributed by atoms with E-state index >= 15 is 0 Å². The van der Waals surface area contributed by atoms with Crippen molar-refractivity contribution in [2.75, 3.05) is 19.0 Å². The summed E-state index contributed by atoms with van der Waals surface area (Å²) in [6, 6.07) is 13.2. The monoisotopic (exact) mass is 375 g/mol. The third-order valence-electron chi connectivity index (χ3n) is 4.00. The van der Waals surface area contributed by atoms with Crippen molar-refractivity contribution in [3.05, 3.63) is 64.4 Å². The molecule has 2 aromatic carbocycles. The Hall–Kier alpha value is -2.91. The zero-order chi connectivity index (χ0) is 18.9. The second kappa shape index (κ2) is 6.77. The highest BCUT2D eigenvalue weighted by Crippen LogP contribution is 2.31. The van der Waals surface area contributed by atoms with Crippen molar-refractivity contribution in [3.8, 4) is 0 Å². The molecule has 0 amide bonds. The Balaban J connectivity index is 1.95. The Morgan fingerprint density at radius 2 is 1.92 bits per heavy atom. The molecule has 0 aliphatic heterocycles. The molecule has 8 nitrogen and oxygen atoms in total. The van der Waals surface area contributed by atoms with Crippen LogP contribution in [0.3, 0.4) is 0 Å². The van der Waals surface area contributed by atoms with Gasteiger partial charge in [0.15, 0.2) is 0 Å². The number of para-hydroxylation sites is 1. The van der Waals surface area contributed by atoms with Gasteiger partial charge in [-0.3, -0.25) is 10.1 Å². The van der Waals surface area contributed by atoms with Crippen molar-refractivity contribution in [1.82, 2.24) is 4.72 Å². The highest BCUT2D eigenvalue weighted by atomic mass is 32.2. The minimum absolute atomic E-state index is 0.160. The fourth-order valence-corrected chi connectivity index (χ4v) is 3.44. The lowest BCUT2D eigenvalue weighted by atomic mass is 10.2. The molecule has 0 spiro atoms. The molecule has 0 fully saturated rings. The molecule has 1 aromatic heterocycles. The average molecular weight is 375 g/mol. The molecule has 3 aromatic rings. The first-order valence-electron chi connectivity index (χ1n) is 7.72. The molecule has 0 saturated heterocycles. The zero-order valence-corrected chi connectivity index (χ0v) is 15.0. The van der Waals surface area contributed by atoms with Gasteiger partial charge in [0.2, 0.25) is 10.0 Å². The standard InChI is InChI=1S/C17H17N3O5S/c1-18-26(23,24)14-7-8-15(16(10-14)20(21)22)19(2)11-13-9-12-5-3-4-6-17(12)25-13/h3-10,18H,11H2,1-2H3. The van der Waals surface area contributed by atoms with Gasteiger partial charge < -0.3 is 9.32 Å². The molecule has 136 valence electrons. The summed E-state index contributed by atoms with van der Waals surface area (Å²) >= 11 is 0. The first-order chi connectivity index (χ1) is 12.3. The lowest BCUT2D eigenvalue weighted by Gasteiger charge is -2.18. The van der Waals surface area contributed by atoms with Crippen LogP contribution in [0.25, 0.3) is 11.0 Å². The molecule has 1 heterocycles. The van der Waals surface area contributed by atoms with Crippen LogP contribution in [0.15, 0.2) is 57.8 Å². The SMILES string of the molecule is CNS(=O)(=O)c1ccc(N(C)Cc2cc3ccccc3o2)c([N+](=O)[O-])c1. The second-order valence-electron chi connectivity index (χ2n) is 5.72. The summed E-state index contributed by atoms with van der Waals surface area (Å²) in [6.45, 7) is 0.299. The number of nitro groups is 1. The average Bonchev–Trinajstić information content (AvgIpc) is 3.03. The van der Waals surface area contributed by atoms with E-state index in [1.165, 1.54) is 19.2 Å². The number of nitrogens with zero attached hydrogens (tertiary/aromatic N) is 2. The van der Waals surface area contributed by atoms with Crippen molar-refractivity contribution >= 4 is 32.4 Å². The van der Waals surface area contributed by atoms with E-state index in [0.717, 1.165) is 17.0 Å². The van der Waals surface area contributed by atoms with Gasteiger partial charge in [0.05, 0.1) is 16.4 Å². The lowest BCUT2D eigenvalue weighted by molar-refractivity contribution is -0.384. The van der Waals surface area contributed by atoms with E-state index in [2.05, 4.69) is 4.72 Å². The van der Waals surface area contributed by atoms with E-state index in [0.29, 0.717) is 18.0 Å². The number of hydrogen-bond acceptors (Lipinski definition) is 6. The van der Waals surface area contributed by atoms with Crippen LogP contribution in [0.1, 0.15) is 5.76 Å². The number of furan rings is 1. The van der Waals surface area contributed by atoms with E-state index in [4.69, 9.17) is 4.42 Å². The van der Waals surface area contributed by atoms with Crippen molar-refractivity contribution < 1.29 is 17.8 Å². The Morgan fingerprint density at radius 1 is 1.19 bits per heavy atom. The number of fused-ring (bicyclic) bond motifs is 1. The molecule has 9 heteroatoms. The molecular weight excluding hydrogens is 358 g/mol. The fraction of sp³-hybridized carbons (Fsp3) is 0.176. The highest BCUT2D eigenvalue weighted by molar-refractivity contribution is 7.89. The van der Waals surface area contributed by atoms with Gasteiger partial charge in [-0.2, -0.15) is 0 Å². The molecular formula is C17H17N3O5S. The minimum atomic E-state index is -3.76. The Labute approximate surface area is 150 Å². The fourth-order valence-electron chi connectivity index (χ4n) is 2.69. The summed E-state index contributed by atoms with van der Waals surface area (Å²) in [6.07, 6.45) is 0. The maximum Gasteiger partial charge on any atom is 0.293 e. The number of benzene rings is 2. The molecule has 0 atom stereocenters. The van der Waals surface area contributed by atoms with E-state index in [1.807, 2.05) is 30.3 Å². The maximum absolute atomic E-state index is 11.9. The summed E-state index contributed by atoms with van der Waals surface area (Å²) in [5, 5.41) is 12.4. The van der Waals surface area contributed by atoms with Gasteiger partial charge in [0.25, 0.3) is 5.69 Å². The van der Waals surface area contributed by atoms with Crippen LogP contribution in [-0.2, 0) is 16.6 Å². The highest BCUT2D eigenvalue weighted by Gasteiger charge is 2.23. The molecule has 0 radical (unpaired) electrons. The van der Waals surface area contributed by atoms with Crippen LogP contribution in [0.4, 0.5) is 11.4 Å². The Bertz CT molecular complexity index is 1040. The summed E-state index contributed by atoms with van der Waals surface area (Å²) in [5.74, 6) is 0.648. The summed E-state index contributed by atoms with van der Waals surface area (Å²) < 4.78 is 31.7. The van der Waals surface area contributed by atoms with Crippen LogP contribution in [0.5, 0.6) is 0 Å². The van der Waals surface area contributed by atoms with E-state index in [-0.39, 0.29) is 10.6 Å². The summed E-state index contributed by atoms with van der Waals surface area (Å²) in [4.78, 5) is 12.3. The molecule has 0 bridgehead atoms. The molecule has 0 unspecified atom stereocenters. The van der Waals surface area contributed by atoms with Crippen LogP contribution in [0.2, 0.25) is 0 Å². The van der Waals surface area contributed by atoms with Crippen molar-refractivity contribution in [3.63, 3.8) is 0 Å². The van der Waals surface area contributed by atoms with E-state index < -0.39 is 14.9 Å². The van der Waals surface area contributed by atoms with Crippen LogP contribution < -0.4 is 9.62 Å². The zero-order valence-electron chi connectivity index (χ0n) is 14.2. The minimum Gasteiger partial charge on any atom is -0.459 e. The lowest BCUT2D eigenvalue weighted by Crippen LogP contribution is -2.20. The quantitative estimate of drug-likeness (QED) is 0.524. The van der Waals surface area contributed by atoms with Crippen molar-refractivity contribution in [2.45, 2.75) is 11.4 Å². The number of nitrogens with one attached hydrogen (secondary N) is 1. The van der Waals surface area contributed by atoms with Crippen molar-refractivity contribution in [2.24, 2.45) is 0 Å². The maximum atomic E-state index is 11.9. The second-order valence-corrected chi connectivity index (χ2v) is 7.61. The Morgan fingerprint density at radius 3 is 2.58 bits per heavy atom. The first-order valence-corrected chi connectivity index (χ1v) is 9.21. The normalized spacial score (nSPS) is 11.6. The predicted molar refractivity (Wildman–Crippen MR) is 97.7 cm³/mol. The number of anilines is 1. The molecule has 26 heavy (non-hydrogen) atoms. The van der Waals surface area contributed by atoms with E-state index in [9.17, 15) is 18.5 Å². The van der Waals surface area contributed by atoms with Gasteiger partial charge in [-0.1, -0.05) is 18.2 Å². The molecule has 0 aliphatic rings. The number of rotatable bonds is 6. The van der Waals surface area contributed by atoms with Crippen molar-refractivity contribution in [1.29, 1.82) is 0 Å². The van der Waals surface area contributed by atoms with Gasteiger partial charge in [0.1, 0.15) is 17.0 Å². The van der Waals surface area contributed by atoms with E-state index in [1.54, 1.807) is 11.9 Å². The third-order valence-corrected chi connectivity index (χ3v) is 5.42. The number of hydrogen-bond donors (Lipinski definition) is 1. The van der Waals surface area contributed by atoms with Gasteiger partial charge in [-0.15, -0.1) is 0 Å². The number of nitro benzene ring substituents is 1. The summed E-state index contributed by atoms with van der Waals surface area (Å²) in [5.41, 5.74) is 0.742. The van der Waals surface area contributed by atoms with Crippen LogP contribution in [-0.4, -0.2) is 27.4 Å². The molecule has 0 saturated carbocycles. The van der Waals surface area contributed by atoms with Crippen LogP contribution >= 0.6 is 0 Å². The Kier molecular flexibility index (Phi) is 4.66.